The zero-order valence-electron chi connectivity index (χ0n) is 11.0. The van der Waals surface area contributed by atoms with Crippen molar-refractivity contribution in [2.75, 3.05) is 11.9 Å². The van der Waals surface area contributed by atoms with Crippen LogP contribution in [-0.4, -0.2) is 7.05 Å². The summed E-state index contributed by atoms with van der Waals surface area (Å²) in [5, 5.41) is 18.1. The fourth-order valence-electron chi connectivity index (χ4n) is 1.88. The molecule has 20 heavy (non-hydrogen) atoms. The Kier molecular flexibility index (Phi) is 4.25. The molecule has 2 rings (SSSR count). The van der Waals surface area contributed by atoms with Gasteiger partial charge in [-0.05, 0) is 35.9 Å². The third-order valence-electron chi connectivity index (χ3n) is 3.02. The first-order chi connectivity index (χ1) is 9.63. The molecule has 4 heteroatoms. The number of anilines is 1. The second-order valence-electron chi connectivity index (χ2n) is 4.44. The highest BCUT2D eigenvalue weighted by molar-refractivity contribution is 6.32. The zero-order chi connectivity index (χ0) is 14.5. The molecule has 0 amide bonds. The van der Waals surface area contributed by atoms with Gasteiger partial charge in [0.05, 0.1) is 22.2 Å². The van der Waals surface area contributed by atoms with E-state index < -0.39 is 0 Å². The molecule has 0 aromatic heterocycles. The van der Waals surface area contributed by atoms with Gasteiger partial charge in [0.15, 0.2) is 0 Å². The molecule has 0 bridgehead atoms. The van der Waals surface area contributed by atoms with Crippen molar-refractivity contribution in [1.82, 2.24) is 0 Å². The van der Waals surface area contributed by atoms with Crippen molar-refractivity contribution in [1.29, 1.82) is 10.5 Å². The molecule has 0 radical (unpaired) electrons. The van der Waals surface area contributed by atoms with Crippen LogP contribution >= 0.6 is 11.6 Å². The summed E-state index contributed by atoms with van der Waals surface area (Å²) in [5.41, 5.74) is 3.17. The summed E-state index contributed by atoms with van der Waals surface area (Å²) in [5.74, 6) is 0. The van der Waals surface area contributed by atoms with Crippen LogP contribution in [0.15, 0.2) is 42.5 Å². The molecule has 0 fully saturated rings. The standard InChI is InChI=1S/C16H12ClN3/c1-20(11-13-4-2-12(9-18)3-5-13)15-7-6-14(10-19)16(17)8-15/h2-8H,11H2,1H3. The Balaban J connectivity index is 2.15. The van der Waals surface area contributed by atoms with Crippen LogP contribution < -0.4 is 4.90 Å². The van der Waals surface area contributed by atoms with Gasteiger partial charge < -0.3 is 4.90 Å². The quantitative estimate of drug-likeness (QED) is 0.861. The molecule has 0 aliphatic heterocycles. The number of halogens is 1. The number of benzene rings is 2. The molecule has 2 aromatic rings. The van der Waals surface area contributed by atoms with Crippen LogP contribution in [0.3, 0.4) is 0 Å². The zero-order valence-corrected chi connectivity index (χ0v) is 11.7. The molecule has 0 aliphatic carbocycles. The lowest BCUT2D eigenvalue weighted by atomic mass is 10.1. The first-order valence-corrected chi connectivity index (χ1v) is 6.41. The Hall–Kier alpha value is -2.49. The number of hydrogen-bond acceptors (Lipinski definition) is 3. The summed E-state index contributed by atoms with van der Waals surface area (Å²) in [6, 6.07) is 17.0. The lowest BCUT2D eigenvalue weighted by Crippen LogP contribution is -2.16. The van der Waals surface area contributed by atoms with E-state index in [2.05, 4.69) is 6.07 Å². The molecule has 0 heterocycles. The number of rotatable bonds is 3. The fourth-order valence-corrected chi connectivity index (χ4v) is 2.10. The summed E-state index contributed by atoms with van der Waals surface area (Å²) in [6.07, 6.45) is 0. The molecule has 0 saturated carbocycles. The molecule has 3 nitrogen and oxygen atoms in total. The number of nitriles is 2. The maximum Gasteiger partial charge on any atom is 0.101 e. The topological polar surface area (TPSA) is 50.8 Å². The molecule has 0 atom stereocenters. The van der Waals surface area contributed by atoms with E-state index in [4.69, 9.17) is 22.1 Å². The molecule has 0 N–H and O–H groups in total. The number of nitrogens with zero attached hydrogens (tertiary/aromatic N) is 3. The van der Waals surface area contributed by atoms with Crippen LogP contribution in [0.4, 0.5) is 5.69 Å². The van der Waals surface area contributed by atoms with Crippen molar-refractivity contribution in [2.45, 2.75) is 6.54 Å². The lowest BCUT2D eigenvalue weighted by Gasteiger charge is -2.20. The number of hydrogen-bond donors (Lipinski definition) is 0. The van der Waals surface area contributed by atoms with Crippen molar-refractivity contribution in [3.05, 3.63) is 64.2 Å². The minimum Gasteiger partial charge on any atom is -0.370 e. The average Bonchev–Trinajstić information content (AvgIpc) is 2.48. The Morgan fingerprint density at radius 1 is 1.05 bits per heavy atom. The second-order valence-corrected chi connectivity index (χ2v) is 4.85. The highest BCUT2D eigenvalue weighted by atomic mass is 35.5. The van der Waals surface area contributed by atoms with Crippen LogP contribution in [0.2, 0.25) is 5.02 Å². The van der Waals surface area contributed by atoms with Gasteiger partial charge in [-0.3, -0.25) is 0 Å². The Morgan fingerprint density at radius 3 is 2.30 bits per heavy atom. The predicted molar refractivity (Wildman–Crippen MR) is 79.4 cm³/mol. The van der Waals surface area contributed by atoms with Crippen LogP contribution in [0, 0.1) is 22.7 Å². The Bertz CT molecular complexity index is 693. The fraction of sp³-hybridized carbons (Fsp3) is 0.125. The van der Waals surface area contributed by atoms with Crippen molar-refractivity contribution in [2.24, 2.45) is 0 Å². The molecular formula is C16H12ClN3. The summed E-state index contributed by atoms with van der Waals surface area (Å²) in [7, 11) is 1.95. The second kappa shape index (κ2) is 6.10. The third-order valence-corrected chi connectivity index (χ3v) is 3.33. The Labute approximate surface area is 123 Å². The monoisotopic (exact) mass is 281 g/mol. The van der Waals surface area contributed by atoms with Crippen molar-refractivity contribution in [3.63, 3.8) is 0 Å². The molecule has 98 valence electrons. The van der Waals surface area contributed by atoms with Gasteiger partial charge in [-0.15, -0.1) is 0 Å². The first-order valence-electron chi connectivity index (χ1n) is 6.04. The van der Waals surface area contributed by atoms with Crippen molar-refractivity contribution < 1.29 is 0 Å². The summed E-state index contributed by atoms with van der Waals surface area (Å²) in [6.45, 7) is 0.702. The van der Waals surface area contributed by atoms with E-state index in [-0.39, 0.29) is 0 Å². The van der Waals surface area contributed by atoms with Crippen LogP contribution in [0.25, 0.3) is 0 Å². The average molecular weight is 282 g/mol. The van der Waals surface area contributed by atoms with Gasteiger partial charge in [0.25, 0.3) is 0 Å². The molecule has 0 aliphatic rings. The van der Waals surface area contributed by atoms with Gasteiger partial charge in [-0.25, -0.2) is 0 Å². The maximum atomic E-state index is 8.86. The molecule has 0 spiro atoms. The largest absolute Gasteiger partial charge is 0.370 e. The van der Waals surface area contributed by atoms with E-state index in [9.17, 15) is 0 Å². The van der Waals surface area contributed by atoms with E-state index in [1.165, 1.54) is 0 Å². The van der Waals surface area contributed by atoms with Gasteiger partial charge in [0, 0.05) is 19.3 Å². The minimum atomic E-state index is 0.455. The normalized spacial score (nSPS) is 9.60. The van der Waals surface area contributed by atoms with E-state index in [0.29, 0.717) is 22.7 Å². The predicted octanol–water partition coefficient (Wildman–Crippen LogP) is 3.72. The summed E-state index contributed by atoms with van der Waals surface area (Å²) in [4.78, 5) is 2.04. The maximum absolute atomic E-state index is 8.86. The molecular weight excluding hydrogens is 270 g/mol. The van der Waals surface area contributed by atoms with Gasteiger partial charge in [0.2, 0.25) is 0 Å². The first kappa shape index (κ1) is 13.9. The molecule has 0 saturated heterocycles. The van der Waals surface area contributed by atoms with E-state index in [0.717, 1.165) is 11.3 Å². The molecule has 2 aromatic carbocycles. The lowest BCUT2D eigenvalue weighted by molar-refractivity contribution is 0.923. The van der Waals surface area contributed by atoms with E-state index in [1.807, 2.05) is 36.2 Å². The highest BCUT2D eigenvalue weighted by Gasteiger charge is 2.06. The Morgan fingerprint density at radius 2 is 1.75 bits per heavy atom. The third kappa shape index (κ3) is 3.09. The van der Waals surface area contributed by atoms with Crippen LogP contribution in [0.5, 0.6) is 0 Å². The van der Waals surface area contributed by atoms with E-state index >= 15 is 0 Å². The van der Waals surface area contributed by atoms with Crippen LogP contribution in [0.1, 0.15) is 16.7 Å². The minimum absolute atomic E-state index is 0.455. The van der Waals surface area contributed by atoms with Gasteiger partial charge in [-0.1, -0.05) is 23.7 Å². The van der Waals surface area contributed by atoms with E-state index in [1.54, 1.807) is 24.3 Å². The van der Waals surface area contributed by atoms with Gasteiger partial charge in [-0.2, -0.15) is 10.5 Å². The SMILES string of the molecule is CN(Cc1ccc(C#N)cc1)c1ccc(C#N)c(Cl)c1. The van der Waals surface area contributed by atoms with Crippen molar-refractivity contribution >= 4 is 17.3 Å². The van der Waals surface area contributed by atoms with Crippen molar-refractivity contribution in [3.8, 4) is 12.1 Å². The smallest absolute Gasteiger partial charge is 0.101 e. The summed E-state index contributed by atoms with van der Waals surface area (Å²) >= 11 is 6.03. The van der Waals surface area contributed by atoms with Gasteiger partial charge >= 0.3 is 0 Å². The highest BCUT2D eigenvalue weighted by Crippen LogP contribution is 2.23. The van der Waals surface area contributed by atoms with Crippen LogP contribution in [-0.2, 0) is 6.54 Å². The van der Waals surface area contributed by atoms with Gasteiger partial charge in [0.1, 0.15) is 6.07 Å². The summed E-state index contributed by atoms with van der Waals surface area (Å²) < 4.78 is 0. The molecule has 0 unspecified atom stereocenters.